The highest BCUT2D eigenvalue weighted by Crippen LogP contribution is 2.22. The van der Waals surface area contributed by atoms with Gasteiger partial charge in [-0.2, -0.15) is 0 Å². The topological polar surface area (TPSA) is 73.2 Å². The number of aryl methyl sites for hydroxylation is 2. The van der Waals surface area contributed by atoms with E-state index in [9.17, 15) is 9.59 Å². The number of hydrogen-bond acceptors (Lipinski definition) is 5. The minimum Gasteiger partial charge on any atom is -0.467 e. The van der Waals surface area contributed by atoms with Crippen molar-refractivity contribution in [2.75, 3.05) is 12.9 Å². The van der Waals surface area contributed by atoms with Gasteiger partial charge in [-0.25, -0.2) is 9.78 Å². The van der Waals surface area contributed by atoms with Crippen LogP contribution in [0.25, 0.3) is 5.69 Å². The van der Waals surface area contributed by atoms with Crippen LogP contribution in [-0.2, 0) is 14.3 Å². The number of esters is 1. The summed E-state index contributed by atoms with van der Waals surface area (Å²) in [6, 6.07) is 5.56. The maximum Gasteiger partial charge on any atom is 0.328 e. The first-order valence-electron chi connectivity index (χ1n) is 8.98. The number of nitrogens with one attached hydrogen (secondary N) is 1. The molecule has 0 aliphatic rings. The van der Waals surface area contributed by atoms with Gasteiger partial charge in [-0.1, -0.05) is 38.1 Å². The molecule has 2 rings (SSSR count). The normalized spacial score (nSPS) is 13.1. The molecule has 146 valence electrons. The van der Waals surface area contributed by atoms with Crippen LogP contribution in [-0.4, -0.2) is 40.3 Å². The smallest absolute Gasteiger partial charge is 0.328 e. The third-order valence-electron chi connectivity index (χ3n) is 4.69. The van der Waals surface area contributed by atoms with E-state index < -0.39 is 12.0 Å². The van der Waals surface area contributed by atoms with Gasteiger partial charge in [0.25, 0.3) is 0 Å². The number of methoxy groups -OCH3 is 1. The number of amides is 1. The molecule has 1 N–H and O–H groups in total. The van der Waals surface area contributed by atoms with E-state index in [1.54, 1.807) is 6.20 Å². The van der Waals surface area contributed by atoms with Crippen molar-refractivity contribution in [1.82, 2.24) is 14.9 Å². The van der Waals surface area contributed by atoms with E-state index in [4.69, 9.17) is 4.74 Å². The summed E-state index contributed by atoms with van der Waals surface area (Å²) in [5.41, 5.74) is 3.43. The predicted molar refractivity (Wildman–Crippen MR) is 107 cm³/mol. The van der Waals surface area contributed by atoms with E-state index in [1.807, 2.05) is 30.7 Å². The molecule has 0 bridgehead atoms. The molecule has 1 heterocycles. The Labute approximate surface area is 164 Å². The fourth-order valence-corrected chi connectivity index (χ4v) is 3.39. The first-order valence-corrected chi connectivity index (χ1v) is 9.96. The van der Waals surface area contributed by atoms with Gasteiger partial charge in [0.2, 0.25) is 5.91 Å². The number of nitrogens with zero attached hydrogens (tertiary/aromatic N) is 2. The number of thioether (sulfide) groups is 1. The zero-order valence-electron chi connectivity index (χ0n) is 16.5. The molecule has 0 spiro atoms. The number of hydrogen-bond donors (Lipinski definition) is 1. The van der Waals surface area contributed by atoms with Crippen LogP contribution in [0.1, 0.15) is 31.4 Å². The van der Waals surface area contributed by atoms with Crippen LogP contribution >= 0.6 is 11.8 Å². The van der Waals surface area contributed by atoms with Gasteiger partial charge in [0.1, 0.15) is 6.04 Å². The lowest BCUT2D eigenvalue weighted by Gasteiger charge is -2.21. The van der Waals surface area contributed by atoms with Crippen LogP contribution < -0.4 is 5.32 Å². The number of imidazole rings is 1. The summed E-state index contributed by atoms with van der Waals surface area (Å²) in [6.07, 6.45) is 4.36. The van der Waals surface area contributed by atoms with Crippen LogP contribution in [0.5, 0.6) is 0 Å². The third kappa shape index (κ3) is 5.35. The minimum absolute atomic E-state index is 0.00363. The Morgan fingerprint density at radius 3 is 2.67 bits per heavy atom. The lowest BCUT2D eigenvalue weighted by Crippen LogP contribution is -2.46. The number of ether oxygens (including phenoxy) is 1. The highest BCUT2D eigenvalue weighted by Gasteiger charge is 2.26. The summed E-state index contributed by atoms with van der Waals surface area (Å²) >= 11 is 1.34. The molecule has 1 amide bonds. The van der Waals surface area contributed by atoms with Crippen LogP contribution in [0.4, 0.5) is 0 Å². The Hall–Kier alpha value is -2.28. The largest absolute Gasteiger partial charge is 0.467 e. The quantitative estimate of drug-likeness (QED) is 0.554. The predicted octanol–water partition coefficient (Wildman–Crippen LogP) is 3.29. The van der Waals surface area contributed by atoms with Gasteiger partial charge < -0.3 is 10.1 Å². The van der Waals surface area contributed by atoms with Crippen LogP contribution in [0.3, 0.4) is 0 Å². The molecule has 0 saturated heterocycles. The molecule has 0 aliphatic carbocycles. The Morgan fingerprint density at radius 2 is 2.04 bits per heavy atom. The third-order valence-corrected chi connectivity index (χ3v) is 5.66. The maximum atomic E-state index is 12.4. The maximum absolute atomic E-state index is 12.4. The number of carbonyl (C=O) groups excluding carboxylic acids is 2. The van der Waals surface area contributed by atoms with Crippen molar-refractivity contribution >= 4 is 23.6 Å². The average molecular weight is 390 g/mol. The monoisotopic (exact) mass is 389 g/mol. The number of aromatic nitrogens is 2. The first-order chi connectivity index (χ1) is 12.9. The lowest BCUT2D eigenvalue weighted by atomic mass is 9.99. The fourth-order valence-electron chi connectivity index (χ4n) is 2.61. The van der Waals surface area contributed by atoms with Crippen LogP contribution in [0.15, 0.2) is 35.7 Å². The number of carbonyl (C=O) groups is 2. The second-order valence-electron chi connectivity index (χ2n) is 6.59. The molecule has 2 aromatic rings. The van der Waals surface area contributed by atoms with E-state index in [2.05, 4.69) is 36.3 Å². The average Bonchev–Trinajstić information content (AvgIpc) is 3.14. The van der Waals surface area contributed by atoms with E-state index in [-0.39, 0.29) is 17.6 Å². The zero-order valence-corrected chi connectivity index (χ0v) is 17.3. The Morgan fingerprint density at radius 1 is 1.30 bits per heavy atom. The molecule has 0 fully saturated rings. The second kappa shape index (κ2) is 9.60. The highest BCUT2D eigenvalue weighted by atomic mass is 32.2. The van der Waals surface area contributed by atoms with Gasteiger partial charge >= 0.3 is 5.97 Å². The summed E-state index contributed by atoms with van der Waals surface area (Å²) in [7, 11) is 1.33. The van der Waals surface area contributed by atoms with Crippen molar-refractivity contribution in [3.63, 3.8) is 0 Å². The SMILES string of the molecule is CC[C@H](C)[C@@H](NC(=O)CSc1nccn1-c1ccc(C)c(C)c1)C(=O)OC. The Kier molecular flexibility index (Phi) is 7.47. The molecule has 0 unspecified atom stereocenters. The molecule has 7 heteroatoms. The van der Waals surface area contributed by atoms with Gasteiger partial charge in [0, 0.05) is 18.1 Å². The van der Waals surface area contributed by atoms with E-state index in [1.165, 1.54) is 30.0 Å². The van der Waals surface area contributed by atoms with Gasteiger partial charge in [-0.05, 0) is 43.0 Å². The van der Waals surface area contributed by atoms with Crippen molar-refractivity contribution < 1.29 is 14.3 Å². The standard InChI is InChI=1S/C20H27N3O3S/c1-6-13(2)18(19(25)26-5)22-17(24)12-27-20-21-9-10-23(20)16-8-7-14(3)15(4)11-16/h7-11,13,18H,6,12H2,1-5H3,(H,22,24)/t13-,18+/m0/s1. The fraction of sp³-hybridized carbons (Fsp3) is 0.450. The lowest BCUT2D eigenvalue weighted by molar-refractivity contribution is -0.146. The number of benzene rings is 1. The van der Waals surface area contributed by atoms with E-state index in [0.717, 1.165) is 17.3 Å². The van der Waals surface area contributed by atoms with Crippen molar-refractivity contribution in [2.24, 2.45) is 5.92 Å². The van der Waals surface area contributed by atoms with Gasteiger partial charge in [-0.15, -0.1) is 0 Å². The van der Waals surface area contributed by atoms with E-state index >= 15 is 0 Å². The summed E-state index contributed by atoms with van der Waals surface area (Å²) in [5, 5.41) is 3.51. The molecule has 1 aromatic heterocycles. The second-order valence-corrected chi connectivity index (χ2v) is 7.53. The van der Waals surface area contributed by atoms with Crippen LogP contribution in [0.2, 0.25) is 0 Å². The Bertz CT molecular complexity index is 804. The van der Waals surface area contributed by atoms with Gasteiger partial charge in [0.15, 0.2) is 5.16 Å². The summed E-state index contributed by atoms with van der Waals surface area (Å²) in [4.78, 5) is 28.6. The summed E-state index contributed by atoms with van der Waals surface area (Å²) in [5.74, 6) is -0.459. The summed E-state index contributed by atoms with van der Waals surface area (Å²) < 4.78 is 6.76. The zero-order chi connectivity index (χ0) is 20.0. The first kappa shape index (κ1) is 21.0. The van der Waals surface area contributed by atoms with E-state index in [0.29, 0.717) is 0 Å². The molecular formula is C20H27N3O3S. The highest BCUT2D eigenvalue weighted by molar-refractivity contribution is 7.99. The molecule has 2 atom stereocenters. The van der Waals surface area contributed by atoms with Crippen molar-refractivity contribution in [3.05, 3.63) is 41.7 Å². The molecular weight excluding hydrogens is 362 g/mol. The van der Waals surface area contributed by atoms with Crippen molar-refractivity contribution in [2.45, 2.75) is 45.3 Å². The molecule has 0 aliphatic heterocycles. The minimum atomic E-state index is -0.632. The molecule has 0 saturated carbocycles. The van der Waals surface area contributed by atoms with Gasteiger partial charge in [-0.3, -0.25) is 9.36 Å². The summed E-state index contributed by atoms with van der Waals surface area (Å²) in [6.45, 7) is 8.03. The number of rotatable bonds is 8. The molecule has 1 aromatic carbocycles. The van der Waals surface area contributed by atoms with Crippen LogP contribution in [0, 0.1) is 19.8 Å². The van der Waals surface area contributed by atoms with Crippen molar-refractivity contribution in [1.29, 1.82) is 0 Å². The molecule has 27 heavy (non-hydrogen) atoms. The van der Waals surface area contributed by atoms with Gasteiger partial charge in [0.05, 0.1) is 12.9 Å². The molecule has 6 nitrogen and oxygen atoms in total. The Balaban J connectivity index is 2.04. The molecule has 0 radical (unpaired) electrons. The van der Waals surface area contributed by atoms with Crippen molar-refractivity contribution in [3.8, 4) is 5.69 Å².